The van der Waals surface area contributed by atoms with Crippen LogP contribution in [-0.4, -0.2) is 11.0 Å². The molecule has 0 bridgehead atoms. The molecule has 106 valence electrons. The summed E-state index contributed by atoms with van der Waals surface area (Å²) in [4.78, 5) is 3.85. The van der Waals surface area contributed by atoms with Gasteiger partial charge in [0, 0.05) is 12.1 Å². The van der Waals surface area contributed by atoms with E-state index in [1.165, 1.54) is 12.8 Å². The first kappa shape index (κ1) is 14.0. The van der Waals surface area contributed by atoms with Gasteiger partial charge in [0.05, 0.1) is 0 Å². The molecule has 6 heteroatoms. The molecule has 2 unspecified atom stereocenters. The highest BCUT2D eigenvalue weighted by molar-refractivity contribution is 5.47. The molecular formula is C13H20F2N4. The van der Waals surface area contributed by atoms with Crippen LogP contribution in [0.15, 0.2) is 6.07 Å². The third-order valence-corrected chi connectivity index (χ3v) is 3.75. The largest absolute Gasteiger partial charge is 0.365 e. The van der Waals surface area contributed by atoms with Gasteiger partial charge in [0.25, 0.3) is 0 Å². The molecule has 2 atom stereocenters. The molecule has 4 N–H and O–H groups in total. The normalized spacial score (nSPS) is 23.8. The highest BCUT2D eigenvalue weighted by Gasteiger charge is 2.22. The fourth-order valence-corrected chi connectivity index (χ4v) is 2.55. The van der Waals surface area contributed by atoms with Gasteiger partial charge in [0.15, 0.2) is 23.3 Å². The van der Waals surface area contributed by atoms with Crippen LogP contribution in [-0.2, 0) is 0 Å². The van der Waals surface area contributed by atoms with Crippen LogP contribution < -0.4 is 16.6 Å². The van der Waals surface area contributed by atoms with Gasteiger partial charge in [-0.1, -0.05) is 26.2 Å². The number of nitrogens with zero attached hydrogens (tertiary/aromatic N) is 1. The molecule has 1 saturated carbocycles. The third kappa shape index (κ3) is 3.32. The Kier molecular flexibility index (Phi) is 4.52. The molecule has 1 heterocycles. The Morgan fingerprint density at radius 3 is 2.58 bits per heavy atom. The quantitative estimate of drug-likeness (QED) is 0.449. The lowest BCUT2D eigenvalue weighted by atomic mass is 9.97. The third-order valence-electron chi connectivity index (χ3n) is 3.75. The first-order valence-electron chi connectivity index (χ1n) is 6.71. The average Bonchev–Trinajstić information content (AvgIpc) is 2.58. The van der Waals surface area contributed by atoms with Gasteiger partial charge >= 0.3 is 0 Å². The summed E-state index contributed by atoms with van der Waals surface area (Å²) in [5.74, 6) is 4.04. The Hall–Kier alpha value is -1.43. The van der Waals surface area contributed by atoms with Crippen LogP contribution in [0.4, 0.5) is 20.4 Å². The second-order valence-electron chi connectivity index (χ2n) is 5.16. The molecule has 1 fully saturated rings. The van der Waals surface area contributed by atoms with Crippen LogP contribution in [0.2, 0.25) is 0 Å². The number of hydrogen-bond donors (Lipinski definition) is 3. The van der Waals surface area contributed by atoms with Gasteiger partial charge < -0.3 is 10.7 Å². The van der Waals surface area contributed by atoms with Crippen molar-refractivity contribution in [3.05, 3.63) is 17.7 Å². The van der Waals surface area contributed by atoms with Crippen molar-refractivity contribution in [2.75, 3.05) is 10.7 Å². The first-order chi connectivity index (χ1) is 9.11. The number of hydrogen-bond acceptors (Lipinski definition) is 4. The van der Waals surface area contributed by atoms with Gasteiger partial charge in [-0.2, -0.15) is 0 Å². The first-order valence-corrected chi connectivity index (χ1v) is 6.71. The molecule has 1 aliphatic rings. The van der Waals surface area contributed by atoms with Crippen LogP contribution in [0.3, 0.4) is 0 Å². The second-order valence-corrected chi connectivity index (χ2v) is 5.16. The summed E-state index contributed by atoms with van der Waals surface area (Å²) in [6, 6.07) is 0.965. The predicted molar refractivity (Wildman–Crippen MR) is 71.6 cm³/mol. The van der Waals surface area contributed by atoms with Crippen LogP contribution >= 0.6 is 0 Å². The Labute approximate surface area is 111 Å². The summed E-state index contributed by atoms with van der Waals surface area (Å²) < 4.78 is 27.0. The van der Waals surface area contributed by atoms with E-state index in [1.807, 2.05) is 0 Å². The molecule has 0 aliphatic heterocycles. The SMILES string of the molecule is CC1CCCCCC1Nc1nc(NN)c(F)cc1F. The number of anilines is 2. The fourth-order valence-electron chi connectivity index (χ4n) is 2.55. The van der Waals surface area contributed by atoms with Gasteiger partial charge in [-0.15, -0.1) is 0 Å². The monoisotopic (exact) mass is 270 g/mol. The number of hydrazine groups is 1. The molecule has 1 aliphatic carbocycles. The van der Waals surface area contributed by atoms with Crippen molar-refractivity contribution >= 4 is 11.6 Å². The smallest absolute Gasteiger partial charge is 0.178 e. The Balaban J connectivity index is 2.17. The zero-order valence-electron chi connectivity index (χ0n) is 11.0. The summed E-state index contributed by atoms with van der Waals surface area (Å²) in [5.41, 5.74) is 2.13. The maximum atomic E-state index is 13.7. The van der Waals surface area contributed by atoms with Gasteiger partial charge in [-0.3, -0.25) is 0 Å². The lowest BCUT2D eigenvalue weighted by Gasteiger charge is -2.23. The van der Waals surface area contributed by atoms with E-state index in [0.29, 0.717) is 5.92 Å². The zero-order valence-corrected chi connectivity index (χ0v) is 11.0. The van der Waals surface area contributed by atoms with E-state index in [2.05, 4.69) is 22.7 Å². The summed E-state index contributed by atoms with van der Waals surface area (Å²) >= 11 is 0. The molecule has 1 aromatic rings. The minimum Gasteiger partial charge on any atom is -0.365 e. The number of aromatic nitrogens is 1. The summed E-state index contributed by atoms with van der Waals surface area (Å²) in [6.45, 7) is 2.15. The minimum atomic E-state index is -0.792. The minimum absolute atomic E-state index is 0.0631. The van der Waals surface area contributed by atoms with E-state index < -0.39 is 11.6 Å². The molecule has 0 radical (unpaired) electrons. The molecular weight excluding hydrogens is 250 g/mol. The van der Waals surface area contributed by atoms with Crippen molar-refractivity contribution in [3.63, 3.8) is 0 Å². The van der Waals surface area contributed by atoms with E-state index in [1.54, 1.807) is 0 Å². The van der Waals surface area contributed by atoms with Crippen LogP contribution in [0.5, 0.6) is 0 Å². The van der Waals surface area contributed by atoms with Crippen molar-refractivity contribution in [2.45, 2.75) is 45.1 Å². The van der Waals surface area contributed by atoms with Gasteiger partial charge in [0.2, 0.25) is 0 Å². The summed E-state index contributed by atoms with van der Waals surface area (Å²) in [5, 5.41) is 3.09. The van der Waals surface area contributed by atoms with E-state index in [-0.39, 0.29) is 17.7 Å². The summed E-state index contributed by atoms with van der Waals surface area (Å²) in [6.07, 6.45) is 5.62. The topological polar surface area (TPSA) is 63.0 Å². The van der Waals surface area contributed by atoms with Crippen molar-refractivity contribution in [1.82, 2.24) is 4.98 Å². The van der Waals surface area contributed by atoms with Crippen molar-refractivity contribution in [3.8, 4) is 0 Å². The van der Waals surface area contributed by atoms with E-state index in [9.17, 15) is 8.78 Å². The van der Waals surface area contributed by atoms with E-state index in [4.69, 9.17) is 5.84 Å². The molecule has 0 aromatic carbocycles. The molecule has 2 rings (SSSR count). The standard InChI is InChI=1S/C13H20F2N4/c1-8-5-3-2-4-6-11(8)17-12-9(14)7-10(15)13(18-12)19-16/h7-8,11H,2-6,16H2,1H3,(H2,17,18,19). The van der Waals surface area contributed by atoms with Gasteiger partial charge in [-0.25, -0.2) is 19.6 Å². The molecule has 0 saturated heterocycles. The number of pyridine rings is 1. The Morgan fingerprint density at radius 1 is 1.16 bits per heavy atom. The summed E-state index contributed by atoms with van der Waals surface area (Å²) in [7, 11) is 0. The Morgan fingerprint density at radius 2 is 1.84 bits per heavy atom. The molecule has 0 spiro atoms. The van der Waals surface area contributed by atoms with E-state index in [0.717, 1.165) is 25.3 Å². The number of rotatable bonds is 3. The molecule has 1 aromatic heterocycles. The van der Waals surface area contributed by atoms with Crippen LogP contribution in [0.1, 0.15) is 39.0 Å². The highest BCUT2D eigenvalue weighted by atomic mass is 19.1. The highest BCUT2D eigenvalue weighted by Crippen LogP contribution is 2.27. The van der Waals surface area contributed by atoms with Crippen molar-refractivity contribution < 1.29 is 8.78 Å². The van der Waals surface area contributed by atoms with Gasteiger partial charge in [0.1, 0.15) is 0 Å². The predicted octanol–water partition coefficient (Wildman–Crippen LogP) is 3.03. The number of nitrogens with one attached hydrogen (secondary N) is 2. The lowest BCUT2D eigenvalue weighted by Crippen LogP contribution is -2.27. The number of nitrogen functional groups attached to an aromatic ring is 1. The lowest BCUT2D eigenvalue weighted by molar-refractivity contribution is 0.452. The fraction of sp³-hybridized carbons (Fsp3) is 0.615. The molecule has 0 amide bonds. The van der Waals surface area contributed by atoms with Crippen molar-refractivity contribution in [2.24, 2.45) is 11.8 Å². The van der Waals surface area contributed by atoms with Crippen LogP contribution in [0.25, 0.3) is 0 Å². The maximum Gasteiger partial charge on any atom is 0.178 e. The zero-order chi connectivity index (χ0) is 13.8. The Bertz CT molecular complexity index is 439. The van der Waals surface area contributed by atoms with E-state index >= 15 is 0 Å². The molecule has 4 nitrogen and oxygen atoms in total. The van der Waals surface area contributed by atoms with Crippen molar-refractivity contribution in [1.29, 1.82) is 0 Å². The van der Waals surface area contributed by atoms with Crippen LogP contribution in [0, 0.1) is 17.6 Å². The second kappa shape index (κ2) is 6.14. The average molecular weight is 270 g/mol. The number of halogens is 2. The maximum absolute atomic E-state index is 13.7. The van der Waals surface area contributed by atoms with Gasteiger partial charge in [-0.05, 0) is 18.8 Å². The number of nitrogens with two attached hydrogens (primary N) is 1. The molecule has 19 heavy (non-hydrogen) atoms.